The highest BCUT2D eigenvalue weighted by atomic mass is 32.2. The average Bonchev–Trinajstić information content (AvgIpc) is 2.40. The first-order valence-corrected chi connectivity index (χ1v) is 8.16. The van der Waals surface area contributed by atoms with Gasteiger partial charge in [0.25, 0.3) is 0 Å². The van der Waals surface area contributed by atoms with Crippen molar-refractivity contribution < 1.29 is 8.78 Å². The van der Waals surface area contributed by atoms with Gasteiger partial charge in [0.15, 0.2) is 0 Å². The molecule has 1 aliphatic rings. The molecule has 2 unspecified atom stereocenters. The normalized spacial score (nSPS) is 21.9. The molecule has 0 saturated carbocycles. The second-order valence-electron chi connectivity index (χ2n) is 4.34. The number of thioether (sulfide) groups is 2. The van der Waals surface area contributed by atoms with Crippen LogP contribution in [-0.2, 0) is 0 Å². The van der Waals surface area contributed by atoms with Crippen molar-refractivity contribution in [3.63, 3.8) is 0 Å². The number of hydrogen-bond donors (Lipinski definition) is 1. The molecule has 0 amide bonds. The standard InChI is InChI=1S/C13H17F2NS2/c1-8-3-4-9(14)11(12(8)15)13(16-2)10-7-17-5-6-18-10/h3-4,10,13,16H,5-7H2,1-2H3. The molecule has 0 radical (unpaired) electrons. The molecule has 1 heterocycles. The summed E-state index contributed by atoms with van der Waals surface area (Å²) in [6.45, 7) is 1.67. The Kier molecular flexibility index (Phi) is 4.92. The van der Waals surface area contributed by atoms with Crippen LogP contribution < -0.4 is 5.32 Å². The van der Waals surface area contributed by atoms with Crippen molar-refractivity contribution in [1.82, 2.24) is 5.32 Å². The lowest BCUT2D eigenvalue weighted by Crippen LogP contribution is -2.33. The van der Waals surface area contributed by atoms with Gasteiger partial charge in [0.05, 0.1) is 6.04 Å². The molecular weight excluding hydrogens is 272 g/mol. The van der Waals surface area contributed by atoms with E-state index in [0.29, 0.717) is 5.56 Å². The van der Waals surface area contributed by atoms with Gasteiger partial charge in [0.2, 0.25) is 0 Å². The van der Waals surface area contributed by atoms with Gasteiger partial charge < -0.3 is 5.32 Å². The minimum Gasteiger partial charge on any atom is -0.312 e. The zero-order valence-electron chi connectivity index (χ0n) is 10.5. The molecule has 18 heavy (non-hydrogen) atoms. The maximum absolute atomic E-state index is 14.2. The minimum absolute atomic E-state index is 0.192. The van der Waals surface area contributed by atoms with E-state index in [-0.39, 0.29) is 16.9 Å². The van der Waals surface area contributed by atoms with Crippen LogP contribution in [0, 0.1) is 18.6 Å². The van der Waals surface area contributed by atoms with Gasteiger partial charge in [-0.1, -0.05) is 6.07 Å². The first-order chi connectivity index (χ1) is 8.65. The molecule has 1 saturated heterocycles. The van der Waals surface area contributed by atoms with Gasteiger partial charge in [-0.2, -0.15) is 23.5 Å². The van der Waals surface area contributed by atoms with Crippen molar-refractivity contribution in [3.05, 3.63) is 34.9 Å². The Hall–Kier alpha value is -0.260. The molecule has 0 spiro atoms. The van der Waals surface area contributed by atoms with Gasteiger partial charge in [-0.15, -0.1) is 0 Å². The fourth-order valence-electron chi connectivity index (χ4n) is 2.18. The summed E-state index contributed by atoms with van der Waals surface area (Å²) >= 11 is 3.65. The molecule has 0 aromatic heterocycles. The predicted octanol–water partition coefficient (Wildman–Crippen LogP) is 3.38. The SMILES string of the molecule is CNC(c1c(F)ccc(C)c1F)C1CSCCS1. The molecule has 1 N–H and O–H groups in total. The highest BCUT2D eigenvalue weighted by molar-refractivity contribution is 8.06. The molecule has 2 rings (SSSR count). The smallest absolute Gasteiger partial charge is 0.133 e. The monoisotopic (exact) mass is 289 g/mol. The van der Waals surface area contributed by atoms with Crippen molar-refractivity contribution in [1.29, 1.82) is 0 Å². The third kappa shape index (κ3) is 2.83. The van der Waals surface area contributed by atoms with Crippen LogP contribution in [0.4, 0.5) is 8.78 Å². The fourth-order valence-corrected chi connectivity index (χ4v) is 5.07. The van der Waals surface area contributed by atoms with Gasteiger partial charge in [-0.05, 0) is 25.6 Å². The molecule has 1 nitrogen and oxygen atoms in total. The molecule has 0 aliphatic carbocycles. The van der Waals surface area contributed by atoms with Gasteiger partial charge in [-0.3, -0.25) is 0 Å². The first-order valence-electron chi connectivity index (χ1n) is 5.96. The van der Waals surface area contributed by atoms with Crippen LogP contribution in [-0.4, -0.2) is 29.6 Å². The van der Waals surface area contributed by atoms with E-state index in [2.05, 4.69) is 5.32 Å². The summed E-state index contributed by atoms with van der Waals surface area (Å²) in [5.41, 5.74) is 0.692. The van der Waals surface area contributed by atoms with Crippen LogP contribution in [0.2, 0.25) is 0 Å². The molecular formula is C13H17F2NS2. The Morgan fingerprint density at radius 2 is 2.11 bits per heavy atom. The maximum atomic E-state index is 14.2. The summed E-state index contributed by atoms with van der Waals surface area (Å²) in [6, 6.07) is 2.59. The second kappa shape index (κ2) is 6.26. The highest BCUT2D eigenvalue weighted by Gasteiger charge is 2.29. The first kappa shape index (κ1) is 14.2. The lowest BCUT2D eigenvalue weighted by Gasteiger charge is -2.30. The van der Waals surface area contributed by atoms with Crippen molar-refractivity contribution in [2.75, 3.05) is 24.3 Å². The van der Waals surface area contributed by atoms with E-state index in [9.17, 15) is 8.78 Å². The summed E-state index contributed by atoms with van der Waals surface area (Å²) in [6.07, 6.45) is 0. The summed E-state index contributed by atoms with van der Waals surface area (Å²) in [4.78, 5) is 0. The topological polar surface area (TPSA) is 12.0 Å². The summed E-state index contributed by atoms with van der Waals surface area (Å²) in [5, 5.41) is 3.30. The largest absolute Gasteiger partial charge is 0.312 e. The average molecular weight is 289 g/mol. The highest BCUT2D eigenvalue weighted by Crippen LogP contribution is 2.35. The van der Waals surface area contributed by atoms with Crippen LogP contribution in [0.25, 0.3) is 0 Å². The van der Waals surface area contributed by atoms with Crippen molar-refractivity contribution in [2.24, 2.45) is 0 Å². The molecule has 1 fully saturated rings. The van der Waals surface area contributed by atoms with E-state index in [1.54, 1.807) is 25.7 Å². The fraction of sp³-hybridized carbons (Fsp3) is 0.538. The molecule has 100 valence electrons. The van der Waals surface area contributed by atoms with Gasteiger partial charge in [0, 0.05) is 28.1 Å². The molecule has 2 atom stereocenters. The molecule has 5 heteroatoms. The van der Waals surface area contributed by atoms with Crippen molar-refractivity contribution >= 4 is 23.5 Å². The van der Waals surface area contributed by atoms with Crippen LogP contribution in [0.15, 0.2) is 12.1 Å². The lowest BCUT2D eigenvalue weighted by molar-refractivity contribution is 0.486. The second-order valence-corrected chi connectivity index (χ2v) is 6.84. The Balaban J connectivity index is 2.34. The van der Waals surface area contributed by atoms with E-state index in [1.165, 1.54) is 12.1 Å². The number of rotatable bonds is 3. The zero-order chi connectivity index (χ0) is 13.1. The van der Waals surface area contributed by atoms with Gasteiger partial charge >= 0.3 is 0 Å². The van der Waals surface area contributed by atoms with Gasteiger partial charge in [-0.25, -0.2) is 8.78 Å². The number of nitrogens with one attached hydrogen (secondary N) is 1. The molecule has 1 aromatic rings. The summed E-state index contributed by atoms with van der Waals surface area (Å²) in [7, 11) is 1.77. The van der Waals surface area contributed by atoms with E-state index < -0.39 is 11.6 Å². The maximum Gasteiger partial charge on any atom is 0.133 e. The number of aryl methyl sites for hydroxylation is 1. The zero-order valence-corrected chi connectivity index (χ0v) is 12.1. The van der Waals surface area contributed by atoms with E-state index in [0.717, 1.165) is 17.3 Å². The minimum atomic E-state index is -0.450. The van der Waals surface area contributed by atoms with E-state index in [1.807, 2.05) is 11.8 Å². The third-order valence-corrected chi connectivity index (χ3v) is 6.02. The third-order valence-electron chi connectivity index (χ3n) is 3.16. The number of halogens is 2. The van der Waals surface area contributed by atoms with Crippen LogP contribution >= 0.6 is 23.5 Å². The van der Waals surface area contributed by atoms with E-state index in [4.69, 9.17) is 0 Å². The summed E-state index contributed by atoms with van der Waals surface area (Å²) in [5.74, 6) is 2.24. The Morgan fingerprint density at radius 3 is 2.72 bits per heavy atom. The Bertz CT molecular complexity index is 420. The predicted molar refractivity (Wildman–Crippen MR) is 76.5 cm³/mol. The molecule has 0 bridgehead atoms. The Morgan fingerprint density at radius 1 is 1.33 bits per heavy atom. The molecule has 1 aromatic carbocycles. The number of benzene rings is 1. The Labute approximate surface area is 115 Å². The lowest BCUT2D eigenvalue weighted by atomic mass is 10.0. The van der Waals surface area contributed by atoms with Gasteiger partial charge in [0.1, 0.15) is 11.6 Å². The molecule has 1 aliphatic heterocycles. The quantitative estimate of drug-likeness (QED) is 0.916. The summed E-state index contributed by atoms with van der Waals surface area (Å²) < 4.78 is 28.1. The van der Waals surface area contributed by atoms with Crippen LogP contribution in [0.1, 0.15) is 17.2 Å². The van der Waals surface area contributed by atoms with Crippen molar-refractivity contribution in [2.45, 2.75) is 18.2 Å². The number of hydrogen-bond acceptors (Lipinski definition) is 3. The van der Waals surface area contributed by atoms with Crippen LogP contribution in [0.5, 0.6) is 0 Å². The van der Waals surface area contributed by atoms with Crippen LogP contribution in [0.3, 0.4) is 0 Å². The van der Waals surface area contributed by atoms with E-state index >= 15 is 0 Å². The van der Waals surface area contributed by atoms with Crippen molar-refractivity contribution in [3.8, 4) is 0 Å².